The molecule has 0 saturated heterocycles. The Hall–Kier alpha value is -2.63. The van der Waals surface area contributed by atoms with Gasteiger partial charge in [-0.1, -0.05) is 0 Å². The molecule has 2 aromatic rings. The molecule has 1 aromatic carbocycles. The molecule has 0 aliphatic heterocycles. The van der Waals surface area contributed by atoms with E-state index in [0.717, 1.165) is 0 Å². The molecule has 2 rings (SSSR count). The zero-order valence-electron chi connectivity index (χ0n) is 9.51. The Morgan fingerprint density at radius 1 is 1.33 bits per heavy atom. The average molecular weight is 246 g/mol. The first-order valence-corrected chi connectivity index (χ1v) is 5.09. The van der Waals surface area contributed by atoms with E-state index in [2.05, 4.69) is 10.2 Å². The van der Waals surface area contributed by atoms with Gasteiger partial charge in [0.15, 0.2) is 0 Å². The fourth-order valence-corrected chi connectivity index (χ4v) is 1.47. The van der Waals surface area contributed by atoms with Crippen molar-refractivity contribution in [1.82, 2.24) is 10.2 Å². The summed E-state index contributed by atoms with van der Waals surface area (Å²) in [6.07, 6.45) is 0. The molecule has 0 bridgehead atoms. The van der Waals surface area contributed by atoms with E-state index in [1.807, 2.05) is 0 Å². The van der Waals surface area contributed by atoms with Crippen molar-refractivity contribution in [3.05, 3.63) is 46.2 Å². The molecule has 0 spiro atoms. The van der Waals surface area contributed by atoms with E-state index >= 15 is 0 Å². The summed E-state index contributed by atoms with van der Waals surface area (Å²) in [6.45, 7) is 0. The third-order valence-corrected chi connectivity index (χ3v) is 2.42. The minimum atomic E-state index is -1.28. The third kappa shape index (κ3) is 2.22. The minimum absolute atomic E-state index is 0.337. The lowest BCUT2D eigenvalue weighted by molar-refractivity contribution is 0.0694. The van der Waals surface area contributed by atoms with Crippen LogP contribution in [0, 0.1) is 0 Å². The number of methoxy groups -OCH3 is 1. The second-order valence-electron chi connectivity index (χ2n) is 3.53. The number of hydrogen-bond donors (Lipinski definition) is 2. The Bertz CT molecular complexity index is 631. The van der Waals surface area contributed by atoms with Crippen LogP contribution >= 0.6 is 0 Å². The summed E-state index contributed by atoms with van der Waals surface area (Å²) in [5.41, 5.74) is 0.0137. The summed E-state index contributed by atoms with van der Waals surface area (Å²) in [7, 11) is 1.55. The molecule has 0 aliphatic carbocycles. The number of aromatic nitrogens is 2. The van der Waals surface area contributed by atoms with Crippen molar-refractivity contribution in [2.24, 2.45) is 0 Å². The Morgan fingerprint density at radius 2 is 2.00 bits per heavy atom. The van der Waals surface area contributed by atoms with E-state index in [9.17, 15) is 9.59 Å². The molecule has 0 atom stereocenters. The Kier molecular flexibility index (Phi) is 3.09. The quantitative estimate of drug-likeness (QED) is 0.847. The van der Waals surface area contributed by atoms with Crippen LogP contribution in [-0.2, 0) is 0 Å². The molecule has 0 unspecified atom stereocenters. The predicted octanol–water partition coefficient (Wildman–Crippen LogP) is 1.14. The van der Waals surface area contributed by atoms with Gasteiger partial charge in [-0.05, 0) is 30.3 Å². The van der Waals surface area contributed by atoms with Crippen molar-refractivity contribution < 1.29 is 14.6 Å². The summed E-state index contributed by atoms with van der Waals surface area (Å²) in [6, 6.07) is 8.14. The molecule has 2 N–H and O–H groups in total. The van der Waals surface area contributed by atoms with Crippen LogP contribution in [0.25, 0.3) is 11.3 Å². The Balaban J connectivity index is 2.47. The molecule has 1 aromatic heterocycles. The molecule has 1 heterocycles. The van der Waals surface area contributed by atoms with E-state index < -0.39 is 11.5 Å². The number of ether oxygens (including phenoxy) is 1. The summed E-state index contributed by atoms with van der Waals surface area (Å²) in [4.78, 5) is 22.1. The van der Waals surface area contributed by atoms with Crippen LogP contribution in [0.5, 0.6) is 5.75 Å². The highest BCUT2D eigenvalue weighted by atomic mass is 16.5. The SMILES string of the molecule is COc1ccc(-c2cc(C(=O)O)c(=O)[nH]n2)cc1. The number of rotatable bonds is 3. The van der Waals surface area contributed by atoms with Crippen molar-refractivity contribution in [3.63, 3.8) is 0 Å². The number of carbonyl (C=O) groups is 1. The molecule has 18 heavy (non-hydrogen) atoms. The average Bonchev–Trinajstić information content (AvgIpc) is 2.39. The van der Waals surface area contributed by atoms with Crippen molar-refractivity contribution in [1.29, 1.82) is 0 Å². The first kappa shape index (κ1) is 11.8. The molecular formula is C12H10N2O4. The third-order valence-electron chi connectivity index (χ3n) is 2.42. The van der Waals surface area contributed by atoms with Gasteiger partial charge in [0.2, 0.25) is 0 Å². The van der Waals surface area contributed by atoms with E-state index in [1.54, 1.807) is 31.4 Å². The number of hydrogen-bond acceptors (Lipinski definition) is 4. The highest BCUT2D eigenvalue weighted by Gasteiger charge is 2.11. The van der Waals surface area contributed by atoms with Gasteiger partial charge in [-0.25, -0.2) is 9.89 Å². The van der Waals surface area contributed by atoms with Crippen LogP contribution in [0.15, 0.2) is 35.1 Å². The number of benzene rings is 1. The lowest BCUT2D eigenvalue weighted by Crippen LogP contribution is -2.18. The van der Waals surface area contributed by atoms with Gasteiger partial charge in [0, 0.05) is 5.56 Å². The van der Waals surface area contributed by atoms with Gasteiger partial charge in [0.1, 0.15) is 11.3 Å². The van der Waals surface area contributed by atoms with E-state index in [4.69, 9.17) is 9.84 Å². The number of nitrogens with one attached hydrogen (secondary N) is 1. The molecule has 0 amide bonds. The van der Waals surface area contributed by atoms with Crippen LogP contribution in [-0.4, -0.2) is 28.4 Å². The van der Waals surface area contributed by atoms with Gasteiger partial charge in [0.05, 0.1) is 12.8 Å². The topological polar surface area (TPSA) is 92.3 Å². The summed E-state index contributed by atoms with van der Waals surface area (Å²) in [5, 5.41) is 14.8. The second kappa shape index (κ2) is 4.70. The number of aromatic amines is 1. The lowest BCUT2D eigenvalue weighted by Gasteiger charge is -2.03. The standard InChI is InChI=1S/C12H10N2O4/c1-18-8-4-2-7(3-5-8)10-6-9(12(16)17)11(15)14-13-10/h2-6H,1H3,(H,14,15)(H,16,17). The van der Waals surface area contributed by atoms with Crippen LogP contribution in [0.1, 0.15) is 10.4 Å². The first-order chi connectivity index (χ1) is 8.61. The van der Waals surface area contributed by atoms with Crippen molar-refractivity contribution in [2.75, 3.05) is 7.11 Å². The highest BCUT2D eigenvalue weighted by molar-refractivity contribution is 5.88. The number of carboxylic acids is 1. The second-order valence-corrected chi connectivity index (χ2v) is 3.53. The number of aromatic carboxylic acids is 1. The number of carboxylic acid groups (broad SMARTS) is 1. The molecular weight excluding hydrogens is 236 g/mol. The van der Waals surface area contributed by atoms with Crippen LogP contribution in [0.2, 0.25) is 0 Å². The zero-order chi connectivity index (χ0) is 13.1. The van der Waals surface area contributed by atoms with Crippen LogP contribution in [0.4, 0.5) is 0 Å². The molecule has 92 valence electrons. The lowest BCUT2D eigenvalue weighted by atomic mass is 10.1. The van der Waals surface area contributed by atoms with Gasteiger partial charge < -0.3 is 9.84 Å². The van der Waals surface area contributed by atoms with Gasteiger partial charge in [-0.3, -0.25) is 4.79 Å². The maximum absolute atomic E-state index is 11.2. The molecule has 6 heteroatoms. The minimum Gasteiger partial charge on any atom is -0.497 e. The largest absolute Gasteiger partial charge is 0.497 e. The Morgan fingerprint density at radius 3 is 2.56 bits per heavy atom. The maximum atomic E-state index is 11.2. The predicted molar refractivity (Wildman–Crippen MR) is 63.8 cm³/mol. The van der Waals surface area contributed by atoms with Crippen molar-refractivity contribution >= 4 is 5.97 Å². The summed E-state index contributed by atoms with van der Waals surface area (Å²) in [5.74, 6) is -0.602. The van der Waals surface area contributed by atoms with E-state index in [0.29, 0.717) is 17.0 Å². The highest BCUT2D eigenvalue weighted by Crippen LogP contribution is 2.19. The Labute approximate surface area is 102 Å². The molecule has 0 fully saturated rings. The number of nitrogens with zero attached hydrogens (tertiary/aromatic N) is 1. The summed E-state index contributed by atoms with van der Waals surface area (Å²) < 4.78 is 5.01. The fraction of sp³-hybridized carbons (Fsp3) is 0.0833. The maximum Gasteiger partial charge on any atom is 0.341 e. The smallest absolute Gasteiger partial charge is 0.341 e. The van der Waals surface area contributed by atoms with Gasteiger partial charge in [-0.2, -0.15) is 5.10 Å². The van der Waals surface area contributed by atoms with E-state index in [1.165, 1.54) is 6.07 Å². The molecule has 0 radical (unpaired) electrons. The first-order valence-electron chi connectivity index (χ1n) is 5.09. The molecule has 0 saturated carbocycles. The summed E-state index contributed by atoms with van der Waals surface area (Å²) >= 11 is 0. The van der Waals surface area contributed by atoms with Gasteiger partial charge >= 0.3 is 5.97 Å². The fourth-order valence-electron chi connectivity index (χ4n) is 1.47. The normalized spacial score (nSPS) is 10.1. The monoisotopic (exact) mass is 246 g/mol. The zero-order valence-corrected chi connectivity index (χ0v) is 9.51. The molecule has 0 aliphatic rings. The van der Waals surface area contributed by atoms with Gasteiger partial charge in [-0.15, -0.1) is 0 Å². The van der Waals surface area contributed by atoms with Crippen LogP contribution < -0.4 is 10.3 Å². The molecule has 6 nitrogen and oxygen atoms in total. The van der Waals surface area contributed by atoms with Crippen molar-refractivity contribution in [3.8, 4) is 17.0 Å². The van der Waals surface area contributed by atoms with Crippen LogP contribution in [0.3, 0.4) is 0 Å². The van der Waals surface area contributed by atoms with Gasteiger partial charge in [0.25, 0.3) is 5.56 Å². The van der Waals surface area contributed by atoms with Crippen molar-refractivity contribution in [2.45, 2.75) is 0 Å². The van der Waals surface area contributed by atoms with E-state index in [-0.39, 0.29) is 5.56 Å². The number of H-pyrrole nitrogens is 1.